The maximum Gasteiger partial charge on any atom is 0.406 e. The largest absolute Gasteiger partial charge is 0.492 e. The Morgan fingerprint density at radius 3 is 2.36 bits per heavy atom. The molecule has 1 aliphatic rings. The van der Waals surface area contributed by atoms with Crippen molar-refractivity contribution in [1.29, 1.82) is 0 Å². The van der Waals surface area contributed by atoms with Gasteiger partial charge in [-0.1, -0.05) is 0 Å². The Morgan fingerprint density at radius 2 is 1.77 bits per heavy atom. The molecule has 2 aromatic heterocycles. The predicted octanol–water partition coefficient (Wildman–Crippen LogP) is 5.41. The second-order valence-electron chi connectivity index (χ2n) is 9.38. The number of imidazole rings is 1. The Kier molecular flexibility index (Phi) is 8.67. The second-order valence-corrected chi connectivity index (χ2v) is 9.38. The Balaban J connectivity index is 1.68. The molecule has 0 unspecified atom stereocenters. The molecule has 1 amide bonds. The summed E-state index contributed by atoms with van der Waals surface area (Å²) in [7, 11) is 0. The summed E-state index contributed by atoms with van der Waals surface area (Å²) in [6.45, 7) is 0.156. The molecule has 1 aliphatic heterocycles. The zero-order chi connectivity index (χ0) is 28.2. The molecule has 0 N–H and O–H groups in total. The molecule has 0 bridgehead atoms. The summed E-state index contributed by atoms with van der Waals surface area (Å²) in [5, 5.41) is 0. The van der Waals surface area contributed by atoms with E-state index in [9.17, 15) is 31.1 Å². The SMILES string of the molecule is CCOc1ccc(Cc2nc3cc(C(=O)N(CC(F)(F)F)CC(F)(F)F)ccc3n2CC2CCOCC2)nc1. The highest BCUT2D eigenvalue weighted by Gasteiger charge is 2.40. The number of halogens is 6. The molecule has 0 aliphatic carbocycles. The third-order valence-electron chi connectivity index (χ3n) is 6.33. The van der Waals surface area contributed by atoms with Crippen molar-refractivity contribution in [3.63, 3.8) is 0 Å². The van der Waals surface area contributed by atoms with E-state index in [4.69, 9.17) is 9.47 Å². The van der Waals surface area contributed by atoms with E-state index in [1.165, 1.54) is 18.2 Å². The summed E-state index contributed by atoms with van der Waals surface area (Å²) in [5.41, 5.74) is 1.31. The highest BCUT2D eigenvalue weighted by Crippen LogP contribution is 2.27. The number of nitrogens with zero attached hydrogens (tertiary/aromatic N) is 4. The number of hydrogen-bond acceptors (Lipinski definition) is 5. The molecular formula is C26H28F6N4O3. The van der Waals surface area contributed by atoms with E-state index in [0.717, 1.165) is 12.8 Å². The van der Waals surface area contributed by atoms with Crippen molar-refractivity contribution < 1.29 is 40.6 Å². The van der Waals surface area contributed by atoms with Crippen molar-refractivity contribution in [3.05, 3.63) is 53.6 Å². The zero-order valence-electron chi connectivity index (χ0n) is 21.2. The molecule has 1 fully saturated rings. The first-order valence-electron chi connectivity index (χ1n) is 12.5. The number of carbonyl (C=O) groups is 1. The number of rotatable bonds is 9. The summed E-state index contributed by atoms with van der Waals surface area (Å²) in [4.78, 5) is 21.6. The van der Waals surface area contributed by atoms with Crippen LogP contribution in [0, 0.1) is 5.92 Å². The number of carbonyl (C=O) groups excluding carboxylic acids is 1. The second kappa shape index (κ2) is 11.8. The van der Waals surface area contributed by atoms with Crippen LogP contribution in [0.1, 0.15) is 41.6 Å². The van der Waals surface area contributed by atoms with Gasteiger partial charge in [-0.05, 0) is 56.0 Å². The topological polar surface area (TPSA) is 69.5 Å². The van der Waals surface area contributed by atoms with Gasteiger partial charge in [0.15, 0.2) is 0 Å². The first kappa shape index (κ1) is 28.7. The van der Waals surface area contributed by atoms with Gasteiger partial charge in [0.05, 0.1) is 23.8 Å². The summed E-state index contributed by atoms with van der Waals surface area (Å²) in [6, 6.07) is 7.58. The Hall–Kier alpha value is -3.35. The van der Waals surface area contributed by atoms with Crippen LogP contribution in [0.5, 0.6) is 5.75 Å². The van der Waals surface area contributed by atoms with Crippen molar-refractivity contribution >= 4 is 16.9 Å². The fourth-order valence-electron chi connectivity index (χ4n) is 4.58. The zero-order valence-corrected chi connectivity index (χ0v) is 21.2. The summed E-state index contributed by atoms with van der Waals surface area (Å²) >= 11 is 0. The monoisotopic (exact) mass is 558 g/mol. The van der Waals surface area contributed by atoms with E-state index in [1.54, 1.807) is 18.3 Å². The third-order valence-corrected chi connectivity index (χ3v) is 6.33. The number of aromatic nitrogens is 3. The van der Waals surface area contributed by atoms with Gasteiger partial charge in [0.2, 0.25) is 0 Å². The number of amides is 1. The predicted molar refractivity (Wildman–Crippen MR) is 130 cm³/mol. The van der Waals surface area contributed by atoms with E-state index in [1.807, 2.05) is 11.5 Å². The van der Waals surface area contributed by atoms with Gasteiger partial charge in [-0.2, -0.15) is 26.3 Å². The molecule has 4 rings (SSSR count). The minimum atomic E-state index is -4.99. The van der Waals surface area contributed by atoms with Gasteiger partial charge in [-0.15, -0.1) is 0 Å². The number of alkyl halides is 6. The number of ether oxygens (including phenoxy) is 2. The van der Waals surface area contributed by atoms with E-state index in [-0.39, 0.29) is 10.5 Å². The summed E-state index contributed by atoms with van der Waals surface area (Å²) < 4.78 is 90.6. The molecule has 1 saturated heterocycles. The van der Waals surface area contributed by atoms with Crippen LogP contribution < -0.4 is 4.74 Å². The lowest BCUT2D eigenvalue weighted by Crippen LogP contribution is -2.44. The van der Waals surface area contributed by atoms with Crippen LogP contribution in [0.15, 0.2) is 36.5 Å². The molecule has 0 atom stereocenters. The maximum atomic E-state index is 13.0. The number of benzene rings is 1. The Bertz CT molecular complexity index is 1250. The van der Waals surface area contributed by atoms with Crippen LogP contribution in [0.2, 0.25) is 0 Å². The molecule has 7 nitrogen and oxygen atoms in total. The minimum absolute atomic E-state index is 0.245. The van der Waals surface area contributed by atoms with Gasteiger partial charge in [0, 0.05) is 37.4 Å². The summed E-state index contributed by atoms with van der Waals surface area (Å²) in [6.07, 6.45) is -6.40. The standard InChI is InChI=1S/C26H28F6N4O3/c1-2-39-20-5-4-19(33-13-20)12-23-34-21-11-18(24(37)35(15-25(27,28)29)16-26(30,31)32)3-6-22(21)36(23)14-17-7-9-38-10-8-17/h3-6,11,13,17H,2,7-10,12,14-16H2,1H3. The average Bonchev–Trinajstić information content (AvgIpc) is 3.19. The first-order valence-corrected chi connectivity index (χ1v) is 12.5. The van der Waals surface area contributed by atoms with Crippen LogP contribution in [-0.4, -0.2) is 70.6 Å². The van der Waals surface area contributed by atoms with Crippen LogP contribution >= 0.6 is 0 Å². The highest BCUT2D eigenvalue weighted by atomic mass is 19.4. The van der Waals surface area contributed by atoms with Crippen molar-refractivity contribution in [3.8, 4) is 5.75 Å². The van der Waals surface area contributed by atoms with Gasteiger partial charge in [0.1, 0.15) is 24.7 Å². The van der Waals surface area contributed by atoms with Gasteiger partial charge in [0.25, 0.3) is 5.91 Å². The van der Waals surface area contributed by atoms with E-state index < -0.39 is 31.3 Å². The molecule has 0 spiro atoms. The highest BCUT2D eigenvalue weighted by molar-refractivity contribution is 5.97. The normalized spacial score (nSPS) is 15.1. The first-order chi connectivity index (χ1) is 18.4. The van der Waals surface area contributed by atoms with Crippen LogP contribution in [0.4, 0.5) is 26.3 Å². The lowest BCUT2D eigenvalue weighted by atomic mass is 10.00. The lowest BCUT2D eigenvalue weighted by molar-refractivity contribution is -0.171. The summed E-state index contributed by atoms with van der Waals surface area (Å²) in [5.74, 6) is 0.140. The fraction of sp³-hybridized carbons (Fsp3) is 0.500. The van der Waals surface area contributed by atoms with Gasteiger partial charge < -0.3 is 18.9 Å². The van der Waals surface area contributed by atoms with Crippen LogP contribution in [0.3, 0.4) is 0 Å². The molecule has 212 valence electrons. The van der Waals surface area contributed by atoms with Gasteiger partial charge >= 0.3 is 12.4 Å². The van der Waals surface area contributed by atoms with E-state index in [0.29, 0.717) is 67.0 Å². The molecular weight excluding hydrogens is 530 g/mol. The molecule has 3 aromatic rings. The van der Waals surface area contributed by atoms with Crippen LogP contribution in [0.25, 0.3) is 11.0 Å². The number of pyridine rings is 1. The van der Waals surface area contributed by atoms with Crippen molar-refractivity contribution in [1.82, 2.24) is 19.4 Å². The quantitative estimate of drug-likeness (QED) is 0.329. The van der Waals surface area contributed by atoms with E-state index >= 15 is 0 Å². The molecule has 0 radical (unpaired) electrons. The van der Waals surface area contributed by atoms with Crippen molar-refractivity contribution in [2.24, 2.45) is 5.92 Å². The average molecular weight is 559 g/mol. The van der Waals surface area contributed by atoms with Crippen molar-refractivity contribution in [2.45, 2.75) is 45.1 Å². The molecule has 0 saturated carbocycles. The van der Waals surface area contributed by atoms with E-state index in [2.05, 4.69) is 9.97 Å². The molecule has 3 heterocycles. The Labute approximate surface area is 220 Å². The third kappa shape index (κ3) is 7.84. The molecule has 13 heteroatoms. The molecule has 1 aromatic carbocycles. The lowest BCUT2D eigenvalue weighted by Gasteiger charge is -2.25. The van der Waals surface area contributed by atoms with Gasteiger partial charge in [-0.25, -0.2) is 4.98 Å². The number of hydrogen-bond donors (Lipinski definition) is 0. The Morgan fingerprint density at radius 1 is 1.08 bits per heavy atom. The minimum Gasteiger partial charge on any atom is -0.492 e. The maximum absolute atomic E-state index is 13.0. The number of fused-ring (bicyclic) bond motifs is 1. The fourth-order valence-corrected chi connectivity index (χ4v) is 4.58. The van der Waals surface area contributed by atoms with Crippen molar-refractivity contribution in [2.75, 3.05) is 32.9 Å². The van der Waals surface area contributed by atoms with Crippen LogP contribution in [-0.2, 0) is 17.7 Å². The van der Waals surface area contributed by atoms with Gasteiger partial charge in [-0.3, -0.25) is 9.78 Å². The molecule has 39 heavy (non-hydrogen) atoms. The smallest absolute Gasteiger partial charge is 0.406 e.